The Morgan fingerprint density at radius 1 is 1.33 bits per heavy atom. The maximum absolute atomic E-state index is 12.8. The Labute approximate surface area is 123 Å². The van der Waals surface area contributed by atoms with E-state index >= 15 is 0 Å². The number of fused-ring (bicyclic) bond motifs is 1. The molecule has 1 aliphatic heterocycles. The van der Waals surface area contributed by atoms with Crippen molar-refractivity contribution in [1.29, 1.82) is 0 Å². The van der Waals surface area contributed by atoms with Gasteiger partial charge in [-0.3, -0.25) is 0 Å². The van der Waals surface area contributed by atoms with E-state index in [1.54, 1.807) is 13.8 Å². The molecule has 2 aromatic rings. The molecule has 6 nitrogen and oxygen atoms in total. The Morgan fingerprint density at radius 2 is 2.10 bits per heavy atom. The van der Waals surface area contributed by atoms with E-state index < -0.39 is 10.0 Å². The van der Waals surface area contributed by atoms with Crippen molar-refractivity contribution in [3.05, 3.63) is 40.8 Å². The van der Waals surface area contributed by atoms with Crippen LogP contribution in [0.2, 0.25) is 0 Å². The monoisotopic (exact) mass is 307 g/mol. The molecule has 112 valence electrons. The first-order valence-electron chi connectivity index (χ1n) is 6.70. The second-order valence-corrected chi connectivity index (χ2v) is 7.10. The van der Waals surface area contributed by atoms with E-state index in [1.165, 1.54) is 4.31 Å². The van der Waals surface area contributed by atoms with Gasteiger partial charge in [-0.05, 0) is 37.5 Å². The summed E-state index contributed by atoms with van der Waals surface area (Å²) < 4.78 is 32.0. The minimum atomic E-state index is -3.60. The van der Waals surface area contributed by atoms with Gasteiger partial charge in [0, 0.05) is 18.8 Å². The maximum atomic E-state index is 12.8. The molecule has 0 saturated carbocycles. The van der Waals surface area contributed by atoms with Crippen LogP contribution in [-0.4, -0.2) is 24.4 Å². The Hall–Kier alpha value is -1.86. The van der Waals surface area contributed by atoms with Gasteiger partial charge in [0.1, 0.15) is 10.6 Å². The number of nitrogens with zero attached hydrogens (tertiary/aromatic N) is 2. The molecule has 0 spiro atoms. The molecule has 0 atom stereocenters. The highest BCUT2D eigenvalue weighted by atomic mass is 32.2. The highest BCUT2D eigenvalue weighted by molar-refractivity contribution is 7.89. The first-order valence-corrected chi connectivity index (χ1v) is 8.14. The van der Waals surface area contributed by atoms with Crippen LogP contribution in [0.15, 0.2) is 27.6 Å². The minimum Gasteiger partial charge on any atom is -0.398 e. The van der Waals surface area contributed by atoms with Crippen LogP contribution in [0.5, 0.6) is 0 Å². The lowest BCUT2D eigenvalue weighted by Gasteiger charge is -2.28. The normalized spacial score (nSPS) is 15.9. The largest absolute Gasteiger partial charge is 0.398 e. The highest BCUT2D eigenvalue weighted by Crippen LogP contribution is 2.30. The number of hydrogen-bond donors (Lipinski definition) is 1. The molecule has 1 aromatic carbocycles. The van der Waals surface area contributed by atoms with Crippen LogP contribution in [0.25, 0.3) is 0 Å². The number of anilines is 1. The van der Waals surface area contributed by atoms with Crippen LogP contribution < -0.4 is 5.73 Å². The molecule has 2 N–H and O–H groups in total. The third kappa shape index (κ3) is 2.22. The summed E-state index contributed by atoms with van der Waals surface area (Å²) in [4.78, 5) is 0.176. The fourth-order valence-corrected chi connectivity index (χ4v) is 4.50. The summed E-state index contributed by atoms with van der Waals surface area (Å²) in [6.07, 6.45) is 0.616. The summed E-state index contributed by atoms with van der Waals surface area (Å²) in [5, 5.41) is 3.73. The Bertz CT molecular complexity index is 776. The molecule has 7 heteroatoms. The molecule has 2 heterocycles. The zero-order valence-corrected chi connectivity index (χ0v) is 12.8. The van der Waals surface area contributed by atoms with E-state index in [2.05, 4.69) is 5.16 Å². The molecule has 0 fully saturated rings. The summed E-state index contributed by atoms with van der Waals surface area (Å²) in [6.45, 7) is 3.99. The van der Waals surface area contributed by atoms with Crippen molar-refractivity contribution in [2.24, 2.45) is 0 Å². The molecule has 3 rings (SSSR count). The van der Waals surface area contributed by atoms with Crippen molar-refractivity contribution in [3.63, 3.8) is 0 Å². The quantitative estimate of drug-likeness (QED) is 0.852. The molecular formula is C14H17N3O3S. The number of nitrogens with two attached hydrogens (primary N) is 1. The van der Waals surface area contributed by atoms with E-state index in [1.807, 2.05) is 18.2 Å². The molecule has 0 radical (unpaired) electrons. The van der Waals surface area contributed by atoms with Gasteiger partial charge < -0.3 is 10.3 Å². The molecule has 0 saturated heterocycles. The van der Waals surface area contributed by atoms with Crippen molar-refractivity contribution in [1.82, 2.24) is 9.46 Å². The second-order valence-electron chi connectivity index (χ2n) is 5.23. The highest BCUT2D eigenvalue weighted by Gasteiger charge is 2.33. The van der Waals surface area contributed by atoms with Crippen LogP contribution in [0.1, 0.15) is 22.6 Å². The second kappa shape index (κ2) is 4.85. The molecule has 0 bridgehead atoms. The van der Waals surface area contributed by atoms with Crippen molar-refractivity contribution in [3.8, 4) is 0 Å². The molecule has 0 aliphatic carbocycles. The molecule has 1 aromatic heterocycles. The topological polar surface area (TPSA) is 89.4 Å². The van der Waals surface area contributed by atoms with Gasteiger partial charge in [-0.1, -0.05) is 17.3 Å². The number of sulfonamides is 1. The summed E-state index contributed by atoms with van der Waals surface area (Å²) in [5.74, 6) is 0.325. The van der Waals surface area contributed by atoms with Gasteiger partial charge in [0.05, 0.1) is 0 Å². The summed E-state index contributed by atoms with van der Waals surface area (Å²) in [6, 6.07) is 5.61. The van der Waals surface area contributed by atoms with E-state index in [0.717, 1.165) is 16.8 Å². The Morgan fingerprint density at radius 3 is 2.76 bits per heavy atom. The first kappa shape index (κ1) is 14.1. The number of nitrogen functional groups attached to an aromatic ring is 1. The van der Waals surface area contributed by atoms with Crippen LogP contribution in [0.3, 0.4) is 0 Å². The number of benzene rings is 1. The predicted molar refractivity (Wildman–Crippen MR) is 78.1 cm³/mol. The fraction of sp³-hybridized carbons (Fsp3) is 0.357. The van der Waals surface area contributed by atoms with Crippen LogP contribution in [0.4, 0.5) is 5.69 Å². The SMILES string of the molecule is Cc1noc(C)c1S(=O)(=O)N1CCc2c(N)cccc2C1. The van der Waals surface area contributed by atoms with Crippen molar-refractivity contribution in [2.45, 2.75) is 31.7 Å². The average molecular weight is 307 g/mol. The minimum absolute atomic E-state index is 0.176. The molecular weight excluding hydrogens is 290 g/mol. The van der Waals surface area contributed by atoms with Gasteiger partial charge in [0.15, 0.2) is 5.76 Å². The molecule has 1 aliphatic rings. The lowest BCUT2D eigenvalue weighted by Crippen LogP contribution is -2.36. The van der Waals surface area contributed by atoms with Crippen LogP contribution >= 0.6 is 0 Å². The smallest absolute Gasteiger partial charge is 0.248 e. The van der Waals surface area contributed by atoms with E-state index in [9.17, 15) is 8.42 Å². The zero-order chi connectivity index (χ0) is 15.2. The maximum Gasteiger partial charge on any atom is 0.248 e. The molecule has 0 unspecified atom stereocenters. The van der Waals surface area contributed by atoms with Crippen molar-refractivity contribution in [2.75, 3.05) is 12.3 Å². The summed E-state index contributed by atoms with van der Waals surface area (Å²) in [5.41, 5.74) is 9.06. The van der Waals surface area contributed by atoms with Gasteiger partial charge >= 0.3 is 0 Å². The number of rotatable bonds is 2. The van der Waals surface area contributed by atoms with Crippen LogP contribution in [-0.2, 0) is 23.0 Å². The van der Waals surface area contributed by atoms with Gasteiger partial charge in [0.2, 0.25) is 10.0 Å². The number of hydrogen-bond acceptors (Lipinski definition) is 5. The number of aryl methyl sites for hydroxylation is 2. The van der Waals surface area contributed by atoms with Crippen molar-refractivity contribution < 1.29 is 12.9 Å². The first-order chi connectivity index (χ1) is 9.91. The standard InChI is InChI=1S/C14H17N3O3S/c1-9-14(10(2)20-16-9)21(18,19)17-7-6-12-11(8-17)4-3-5-13(12)15/h3-5H,6-8,15H2,1-2H3. The van der Waals surface area contributed by atoms with Gasteiger partial charge in [-0.2, -0.15) is 4.31 Å². The molecule has 21 heavy (non-hydrogen) atoms. The van der Waals surface area contributed by atoms with Crippen LogP contribution in [0, 0.1) is 13.8 Å². The van der Waals surface area contributed by atoms with Gasteiger partial charge in [-0.25, -0.2) is 8.42 Å². The summed E-state index contributed by atoms with van der Waals surface area (Å²) in [7, 11) is -3.60. The Kier molecular flexibility index (Phi) is 3.26. The number of aromatic nitrogens is 1. The lowest BCUT2D eigenvalue weighted by molar-refractivity contribution is 0.382. The average Bonchev–Trinajstić information content (AvgIpc) is 2.78. The zero-order valence-electron chi connectivity index (χ0n) is 12.0. The lowest BCUT2D eigenvalue weighted by atomic mass is 9.99. The van der Waals surface area contributed by atoms with E-state index in [4.69, 9.17) is 10.3 Å². The van der Waals surface area contributed by atoms with Crippen molar-refractivity contribution >= 4 is 15.7 Å². The fourth-order valence-electron chi connectivity index (χ4n) is 2.79. The summed E-state index contributed by atoms with van der Waals surface area (Å²) >= 11 is 0. The van der Waals surface area contributed by atoms with E-state index in [0.29, 0.717) is 31.0 Å². The third-order valence-electron chi connectivity index (χ3n) is 3.83. The Balaban J connectivity index is 2.00. The third-order valence-corrected chi connectivity index (χ3v) is 5.92. The van der Waals surface area contributed by atoms with E-state index in [-0.39, 0.29) is 4.90 Å². The molecule has 0 amide bonds. The predicted octanol–water partition coefficient (Wildman–Crippen LogP) is 1.62. The van der Waals surface area contributed by atoms with Gasteiger partial charge in [-0.15, -0.1) is 0 Å². The van der Waals surface area contributed by atoms with Gasteiger partial charge in [0.25, 0.3) is 0 Å².